The molecule has 1 fully saturated rings. The molecule has 1 atom stereocenters. The third kappa shape index (κ3) is 7.49. The van der Waals surface area contributed by atoms with E-state index in [9.17, 15) is 9.59 Å². The number of benzene rings is 1. The van der Waals surface area contributed by atoms with Gasteiger partial charge in [-0.15, -0.1) is 0 Å². The number of nitrogens with zero attached hydrogens (tertiary/aromatic N) is 1. The van der Waals surface area contributed by atoms with Crippen LogP contribution in [0, 0.1) is 11.3 Å². The second-order valence-electron chi connectivity index (χ2n) is 6.97. The summed E-state index contributed by atoms with van der Waals surface area (Å²) in [5.41, 5.74) is 0.693. The Hall–Kier alpha value is -3.01. The van der Waals surface area contributed by atoms with E-state index in [4.69, 9.17) is 19.5 Å². The number of hydrogen-bond acceptors (Lipinski definition) is 6. The van der Waals surface area contributed by atoms with Gasteiger partial charge < -0.3 is 19.5 Å². The van der Waals surface area contributed by atoms with Crippen LogP contribution in [-0.4, -0.2) is 37.7 Å². The predicted octanol–water partition coefficient (Wildman–Crippen LogP) is 3.38. The van der Waals surface area contributed by atoms with Crippen molar-refractivity contribution in [3.8, 4) is 17.6 Å². The topological polar surface area (TPSA) is 97.7 Å². The van der Waals surface area contributed by atoms with E-state index in [1.165, 1.54) is 26.0 Å². The van der Waals surface area contributed by atoms with Crippen LogP contribution in [0.15, 0.2) is 24.3 Å². The molecule has 1 aliphatic rings. The second kappa shape index (κ2) is 11.7. The van der Waals surface area contributed by atoms with Gasteiger partial charge in [0.1, 0.15) is 6.07 Å². The molecule has 1 aliphatic carbocycles. The number of nitriles is 1. The first kappa shape index (κ1) is 22.3. The molecule has 2 rings (SSSR count). The number of rotatable bonds is 8. The van der Waals surface area contributed by atoms with Crippen LogP contribution in [0.2, 0.25) is 0 Å². The summed E-state index contributed by atoms with van der Waals surface area (Å²) in [5, 5.41) is 11.6. The molecule has 0 heterocycles. The van der Waals surface area contributed by atoms with E-state index >= 15 is 0 Å². The zero-order chi connectivity index (χ0) is 21.1. The van der Waals surface area contributed by atoms with Crippen LogP contribution in [0.1, 0.15) is 51.0 Å². The van der Waals surface area contributed by atoms with Gasteiger partial charge in [-0.25, -0.2) is 4.79 Å². The monoisotopic (exact) mass is 400 g/mol. The summed E-state index contributed by atoms with van der Waals surface area (Å²) in [6.07, 6.45) is 8.57. The third-order valence-corrected chi connectivity index (χ3v) is 4.76. The van der Waals surface area contributed by atoms with Crippen molar-refractivity contribution in [3.05, 3.63) is 29.8 Å². The lowest BCUT2D eigenvalue weighted by Gasteiger charge is -2.19. The van der Waals surface area contributed by atoms with Crippen molar-refractivity contribution < 1.29 is 23.8 Å². The zero-order valence-corrected chi connectivity index (χ0v) is 17.0. The minimum absolute atomic E-state index is 0.0846. The number of nitrogens with one attached hydrogen (secondary N) is 1. The molecule has 1 aromatic rings. The highest BCUT2D eigenvalue weighted by Gasteiger charge is 2.21. The highest BCUT2D eigenvalue weighted by atomic mass is 16.5. The number of methoxy groups -OCH3 is 1. The van der Waals surface area contributed by atoms with Gasteiger partial charge in [0.25, 0.3) is 5.91 Å². The van der Waals surface area contributed by atoms with E-state index in [-0.39, 0.29) is 18.6 Å². The summed E-state index contributed by atoms with van der Waals surface area (Å²) in [4.78, 5) is 24.3. The maximum atomic E-state index is 12.3. The average molecular weight is 400 g/mol. The average Bonchev–Trinajstić information content (AvgIpc) is 2.99. The van der Waals surface area contributed by atoms with Gasteiger partial charge in [-0.2, -0.15) is 5.26 Å². The third-order valence-electron chi connectivity index (χ3n) is 4.76. The molecule has 7 nitrogen and oxygen atoms in total. The number of ether oxygens (including phenoxy) is 3. The van der Waals surface area contributed by atoms with E-state index < -0.39 is 12.1 Å². The Morgan fingerprint density at radius 3 is 2.62 bits per heavy atom. The fourth-order valence-corrected chi connectivity index (χ4v) is 3.19. The minimum atomic E-state index is -0.855. The zero-order valence-electron chi connectivity index (χ0n) is 17.0. The summed E-state index contributed by atoms with van der Waals surface area (Å²) in [6, 6.07) is 7.11. The van der Waals surface area contributed by atoms with Gasteiger partial charge in [0, 0.05) is 12.1 Å². The van der Waals surface area contributed by atoms with Gasteiger partial charge in [-0.05, 0) is 43.5 Å². The van der Waals surface area contributed by atoms with Gasteiger partial charge >= 0.3 is 5.97 Å². The molecule has 0 aromatic heterocycles. The number of amides is 1. The number of hydrogen-bond donors (Lipinski definition) is 1. The lowest BCUT2D eigenvalue weighted by atomic mass is 10.1. The van der Waals surface area contributed by atoms with E-state index in [2.05, 4.69) is 5.32 Å². The van der Waals surface area contributed by atoms with E-state index in [0.29, 0.717) is 17.1 Å². The molecule has 156 valence electrons. The molecule has 7 heteroatoms. The standard InChI is InChI=1S/C22H28N2O5/c1-16(22(26)24-18-7-5-3-4-6-8-18)29-21(25)12-10-17-9-11-19(28-14-13-23)20(15-17)27-2/h9-12,15-16,18H,3-8,14H2,1-2H3,(H,24,26)/b12-10+/t16-/m1/s1. The Kier molecular flexibility index (Phi) is 9.03. The molecule has 0 spiro atoms. The Labute approximate surface area is 171 Å². The summed E-state index contributed by atoms with van der Waals surface area (Å²) < 4.78 is 15.7. The molecule has 29 heavy (non-hydrogen) atoms. The van der Waals surface area contributed by atoms with Gasteiger partial charge in [0.15, 0.2) is 24.2 Å². The molecule has 1 N–H and O–H groups in total. The smallest absolute Gasteiger partial charge is 0.331 e. The lowest BCUT2D eigenvalue weighted by molar-refractivity contribution is -0.150. The quantitative estimate of drug-likeness (QED) is 0.408. The fraction of sp³-hybridized carbons (Fsp3) is 0.500. The largest absolute Gasteiger partial charge is 0.493 e. The van der Waals surface area contributed by atoms with Crippen molar-refractivity contribution in [2.24, 2.45) is 0 Å². The Morgan fingerprint density at radius 2 is 1.97 bits per heavy atom. The SMILES string of the molecule is COc1cc(/C=C/C(=O)O[C@H](C)C(=O)NC2CCCCCC2)ccc1OCC#N. The van der Waals surface area contributed by atoms with Crippen LogP contribution < -0.4 is 14.8 Å². The number of carbonyl (C=O) groups excluding carboxylic acids is 2. The van der Waals surface area contributed by atoms with Crippen LogP contribution in [0.4, 0.5) is 0 Å². The highest BCUT2D eigenvalue weighted by Crippen LogP contribution is 2.28. The number of carbonyl (C=O) groups is 2. The van der Waals surface area contributed by atoms with E-state index in [0.717, 1.165) is 25.7 Å². The maximum absolute atomic E-state index is 12.3. The van der Waals surface area contributed by atoms with Gasteiger partial charge in [-0.3, -0.25) is 4.79 Å². The lowest BCUT2D eigenvalue weighted by Crippen LogP contribution is -2.41. The maximum Gasteiger partial charge on any atom is 0.331 e. The summed E-state index contributed by atoms with van der Waals surface area (Å²) in [5.74, 6) is 0.0288. The first-order chi connectivity index (χ1) is 14.0. The van der Waals surface area contributed by atoms with E-state index in [1.54, 1.807) is 31.2 Å². The first-order valence-electron chi connectivity index (χ1n) is 9.90. The van der Waals surface area contributed by atoms with Crippen LogP contribution in [0.3, 0.4) is 0 Å². The molecule has 0 aliphatic heterocycles. The summed E-state index contributed by atoms with van der Waals surface area (Å²) in [7, 11) is 1.49. The van der Waals surface area contributed by atoms with Crippen LogP contribution >= 0.6 is 0 Å². The second-order valence-corrected chi connectivity index (χ2v) is 6.97. The molecular formula is C22H28N2O5. The molecule has 1 aromatic carbocycles. The van der Waals surface area contributed by atoms with Crippen molar-refractivity contribution in [1.82, 2.24) is 5.32 Å². The van der Waals surface area contributed by atoms with Crippen LogP contribution in [0.5, 0.6) is 11.5 Å². The molecular weight excluding hydrogens is 372 g/mol. The Morgan fingerprint density at radius 1 is 1.24 bits per heavy atom. The Balaban J connectivity index is 1.87. The Bertz CT molecular complexity index is 761. The number of esters is 1. The van der Waals surface area contributed by atoms with Crippen molar-refractivity contribution in [2.75, 3.05) is 13.7 Å². The summed E-state index contributed by atoms with van der Waals surface area (Å²) in [6.45, 7) is 1.49. The van der Waals surface area contributed by atoms with Crippen molar-refractivity contribution >= 4 is 18.0 Å². The van der Waals surface area contributed by atoms with Gasteiger partial charge in [0.05, 0.1) is 7.11 Å². The predicted molar refractivity (Wildman–Crippen MR) is 108 cm³/mol. The van der Waals surface area contributed by atoms with Crippen molar-refractivity contribution in [2.45, 2.75) is 57.6 Å². The van der Waals surface area contributed by atoms with Crippen molar-refractivity contribution in [1.29, 1.82) is 5.26 Å². The van der Waals surface area contributed by atoms with E-state index in [1.807, 2.05) is 6.07 Å². The minimum Gasteiger partial charge on any atom is -0.493 e. The fourth-order valence-electron chi connectivity index (χ4n) is 3.19. The molecule has 0 bridgehead atoms. The molecule has 1 saturated carbocycles. The highest BCUT2D eigenvalue weighted by molar-refractivity contribution is 5.90. The molecule has 1 amide bonds. The van der Waals surface area contributed by atoms with Crippen LogP contribution in [-0.2, 0) is 14.3 Å². The normalized spacial score (nSPS) is 15.8. The summed E-state index contributed by atoms with van der Waals surface area (Å²) >= 11 is 0. The van der Waals surface area contributed by atoms with Crippen molar-refractivity contribution in [3.63, 3.8) is 0 Å². The molecule has 0 saturated heterocycles. The first-order valence-corrected chi connectivity index (χ1v) is 9.90. The molecule has 0 radical (unpaired) electrons. The van der Waals surface area contributed by atoms with Crippen LogP contribution in [0.25, 0.3) is 6.08 Å². The van der Waals surface area contributed by atoms with Gasteiger partial charge in [-0.1, -0.05) is 31.7 Å². The van der Waals surface area contributed by atoms with Gasteiger partial charge in [0.2, 0.25) is 0 Å². The molecule has 0 unspecified atom stereocenters.